The number of anilines is 1. The molecule has 2 atom stereocenters. The zero-order valence-electron chi connectivity index (χ0n) is 10.2. The quantitative estimate of drug-likeness (QED) is 0.712. The Kier molecular flexibility index (Phi) is 4.98. The van der Waals surface area contributed by atoms with Crippen LogP contribution in [0.2, 0.25) is 5.02 Å². The van der Waals surface area contributed by atoms with Crippen molar-refractivity contribution in [2.24, 2.45) is 5.92 Å². The summed E-state index contributed by atoms with van der Waals surface area (Å²) in [5.74, 6) is -0.194. The number of hydrogen-bond donors (Lipinski definition) is 3. The number of rotatable bonds is 5. The lowest BCUT2D eigenvalue weighted by molar-refractivity contribution is 0.216. The van der Waals surface area contributed by atoms with Gasteiger partial charge in [-0.3, -0.25) is 0 Å². The summed E-state index contributed by atoms with van der Waals surface area (Å²) in [7, 11) is -3.74. The third kappa shape index (κ3) is 3.58. The Balaban J connectivity index is 3.03. The van der Waals surface area contributed by atoms with E-state index in [9.17, 15) is 8.42 Å². The highest BCUT2D eigenvalue weighted by Crippen LogP contribution is 2.23. The predicted octanol–water partition coefficient (Wildman–Crippen LogP) is 1.22. The number of nitrogens with one attached hydrogen (secondary N) is 1. The number of benzene rings is 1. The number of hydrogen-bond acceptors (Lipinski definition) is 4. The molecule has 1 rings (SSSR count). The standard InChI is InChI=1S/C11H17ClN2O3S/c1-7(6-15)8(2)14-18(16,17)11-5-9(12)3-4-10(11)13/h3-5,7-8,14-15H,6,13H2,1-2H3. The molecule has 0 saturated heterocycles. The van der Waals surface area contributed by atoms with Crippen LogP contribution in [-0.2, 0) is 10.0 Å². The smallest absolute Gasteiger partial charge is 0.242 e. The van der Waals surface area contributed by atoms with Crippen LogP contribution in [0.1, 0.15) is 13.8 Å². The molecule has 0 fully saturated rings. The van der Waals surface area contributed by atoms with Crippen molar-refractivity contribution in [3.05, 3.63) is 23.2 Å². The average molecular weight is 293 g/mol. The molecule has 0 saturated carbocycles. The van der Waals surface area contributed by atoms with Crippen molar-refractivity contribution < 1.29 is 13.5 Å². The molecule has 0 spiro atoms. The third-order valence-electron chi connectivity index (χ3n) is 2.75. The molecule has 18 heavy (non-hydrogen) atoms. The number of halogens is 1. The maximum Gasteiger partial charge on any atom is 0.242 e. The molecule has 1 aromatic carbocycles. The fraction of sp³-hybridized carbons (Fsp3) is 0.455. The molecule has 102 valence electrons. The maximum atomic E-state index is 12.1. The van der Waals surface area contributed by atoms with Crippen molar-refractivity contribution in [3.63, 3.8) is 0 Å². The summed E-state index contributed by atoms with van der Waals surface area (Å²) in [4.78, 5) is -0.0491. The van der Waals surface area contributed by atoms with Crippen molar-refractivity contribution in [2.75, 3.05) is 12.3 Å². The monoisotopic (exact) mass is 292 g/mol. The second-order valence-electron chi connectivity index (χ2n) is 4.25. The minimum absolute atomic E-state index is 0.0491. The second-order valence-corrected chi connectivity index (χ2v) is 6.37. The second kappa shape index (κ2) is 5.88. The zero-order valence-corrected chi connectivity index (χ0v) is 11.8. The molecule has 5 nitrogen and oxygen atoms in total. The first-order chi connectivity index (χ1) is 8.27. The van der Waals surface area contributed by atoms with E-state index in [0.29, 0.717) is 5.02 Å². The Hall–Kier alpha value is -0.820. The van der Waals surface area contributed by atoms with Gasteiger partial charge in [0.25, 0.3) is 0 Å². The largest absolute Gasteiger partial charge is 0.398 e. The summed E-state index contributed by atoms with van der Waals surface area (Å²) in [6, 6.07) is 3.86. The van der Waals surface area contributed by atoms with Crippen molar-refractivity contribution in [3.8, 4) is 0 Å². The van der Waals surface area contributed by atoms with E-state index in [2.05, 4.69) is 4.72 Å². The van der Waals surface area contributed by atoms with Crippen LogP contribution in [-0.4, -0.2) is 26.2 Å². The zero-order chi connectivity index (χ0) is 13.9. The third-order valence-corrected chi connectivity index (χ3v) is 4.60. The molecule has 0 heterocycles. The Labute approximate surface area is 112 Å². The molecule has 7 heteroatoms. The van der Waals surface area contributed by atoms with Gasteiger partial charge in [-0.15, -0.1) is 0 Å². The van der Waals surface area contributed by atoms with Gasteiger partial charge in [0, 0.05) is 17.7 Å². The number of nitrogens with two attached hydrogens (primary N) is 1. The highest BCUT2D eigenvalue weighted by Gasteiger charge is 2.22. The number of nitrogen functional groups attached to an aromatic ring is 1. The molecule has 1 aromatic rings. The van der Waals surface area contributed by atoms with Crippen molar-refractivity contribution in [1.29, 1.82) is 0 Å². The first-order valence-electron chi connectivity index (χ1n) is 5.46. The van der Waals surface area contributed by atoms with E-state index in [-0.39, 0.29) is 23.1 Å². The molecule has 0 bridgehead atoms. The first-order valence-corrected chi connectivity index (χ1v) is 7.32. The molecular formula is C11H17ClN2O3S. The van der Waals surface area contributed by atoms with Gasteiger partial charge in [-0.2, -0.15) is 0 Å². The molecule has 0 aliphatic heterocycles. The Bertz CT molecular complexity index is 519. The molecule has 2 unspecified atom stereocenters. The summed E-state index contributed by atoms with van der Waals surface area (Å²) in [6.07, 6.45) is 0. The Morgan fingerprint density at radius 1 is 1.44 bits per heavy atom. The summed E-state index contributed by atoms with van der Waals surface area (Å²) < 4.78 is 26.7. The minimum atomic E-state index is -3.74. The summed E-state index contributed by atoms with van der Waals surface area (Å²) in [5, 5.41) is 9.29. The van der Waals surface area contributed by atoms with Gasteiger partial charge < -0.3 is 10.8 Å². The van der Waals surface area contributed by atoms with Crippen LogP contribution in [0.3, 0.4) is 0 Å². The van der Waals surface area contributed by atoms with E-state index in [1.165, 1.54) is 18.2 Å². The topological polar surface area (TPSA) is 92.4 Å². The van der Waals surface area contributed by atoms with E-state index in [1.807, 2.05) is 0 Å². The van der Waals surface area contributed by atoms with E-state index in [0.717, 1.165) is 0 Å². The average Bonchev–Trinajstić information content (AvgIpc) is 2.30. The highest BCUT2D eigenvalue weighted by atomic mass is 35.5. The normalized spacial score (nSPS) is 15.3. The first kappa shape index (κ1) is 15.2. The van der Waals surface area contributed by atoms with Gasteiger partial charge in [-0.05, 0) is 31.0 Å². The van der Waals surface area contributed by atoms with E-state index >= 15 is 0 Å². The van der Waals surface area contributed by atoms with Gasteiger partial charge in [-0.25, -0.2) is 13.1 Å². The SMILES string of the molecule is CC(CO)C(C)NS(=O)(=O)c1cc(Cl)ccc1N. The molecule has 0 amide bonds. The molecular weight excluding hydrogens is 276 g/mol. The van der Waals surface area contributed by atoms with Crippen LogP contribution in [0.25, 0.3) is 0 Å². The van der Waals surface area contributed by atoms with Gasteiger partial charge in [0.05, 0.1) is 5.69 Å². The molecule has 0 aromatic heterocycles. The van der Waals surface area contributed by atoms with Crippen molar-refractivity contribution in [1.82, 2.24) is 4.72 Å². The van der Waals surface area contributed by atoms with Crippen LogP contribution >= 0.6 is 11.6 Å². The molecule has 0 radical (unpaired) electrons. The molecule has 0 aliphatic rings. The summed E-state index contributed by atoms with van der Waals surface area (Å²) >= 11 is 5.76. The van der Waals surface area contributed by atoms with Crippen LogP contribution in [0, 0.1) is 5.92 Å². The minimum Gasteiger partial charge on any atom is -0.398 e. The summed E-state index contributed by atoms with van der Waals surface area (Å²) in [6.45, 7) is 3.32. The predicted molar refractivity (Wildman–Crippen MR) is 71.9 cm³/mol. The fourth-order valence-electron chi connectivity index (χ4n) is 1.32. The molecule has 0 aliphatic carbocycles. The Morgan fingerprint density at radius 2 is 2.06 bits per heavy atom. The van der Waals surface area contributed by atoms with E-state index < -0.39 is 16.1 Å². The van der Waals surface area contributed by atoms with E-state index in [4.69, 9.17) is 22.4 Å². The van der Waals surface area contributed by atoms with Gasteiger partial charge >= 0.3 is 0 Å². The van der Waals surface area contributed by atoms with Gasteiger partial charge in [0.15, 0.2) is 0 Å². The Morgan fingerprint density at radius 3 is 2.61 bits per heavy atom. The lowest BCUT2D eigenvalue weighted by Gasteiger charge is -2.19. The van der Waals surface area contributed by atoms with Gasteiger partial charge in [-0.1, -0.05) is 18.5 Å². The highest BCUT2D eigenvalue weighted by molar-refractivity contribution is 7.89. The van der Waals surface area contributed by atoms with Gasteiger partial charge in [0.2, 0.25) is 10.0 Å². The fourth-order valence-corrected chi connectivity index (χ4v) is 3.07. The van der Waals surface area contributed by atoms with Crippen LogP contribution in [0.5, 0.6) is 0 Å². The lowest BCUT2D eigenvalue weighted by atomic mass is 10.1. The number of aliphatic hydroxyl groups is 1. The van der Waals surface area contributed by atoms with E-state index in [1.54, 1.807) is 13.8 Å². The molecule has 4 N–H and O–H groups in total. The summed E-state index contributed by atoms with van der Waals surface area (Å²) in [5.41, 5.74) is 5.77. The van der Waals surface area contributed by atoms with Gasteiger partial charge in [0.1, 0.15) is 4.90 Å². The lowest BCUT2D eigenvalue weighted by Crippen LogP contribution is -2.38. The van der Waals surface area contributed by atoms with Crippen LogP contribution < -0.4 is 10.5 Å². The van der Waals surface area contributed by atoms with Crippen LogP contribution in [0.4, 0.5) is 5.69 Å². The number of aliphatic hydroxyl groups excluding tert-OH is 1. The van der Waals surface area contributed by atoms with Crippen molar-refractivity contribution in [2.45, 2.75) is 24.8 Å². The number of sulfonamides is 1. The van der Waals surface area contributed by atoms with Crippen molar-refractivity contribution >= 4 is 27.3 Å². The maximum absolute atomic E-state index is 12.1. The van der Waals surface area contributed by atoms with Crippen LogP contribution in [0.15, 0.2) is 23.1 Å².